The molecule has 0 radical (unpaired) electrons. The second kappa shape index (κ2) is 7.55. The summed E-state index contributed by atoms with van der Waals surface area (Å²) in [6, 6.07) is 19.0. The van der Waals surface area contributed by atoms with E-state index in [1.807, 2.05) is 24.3 Å². The van der Waals surface area contributed by atoms with Gasteiger partial charge in [-0.3, -0.25) is 15.0 Å². The molecule has 6 heteroatoms. The van der Waals surface area contributed by atoms with Crippen LogP contribution >= 0.6 is 11.6 Å². The minimum Gasteiger partial charge on any atom is -0.350 e. The maximum Gasteiger partial charge on any atom is 0.269 e. The number of benzene rings is 2. The molecule has 1 aromatic heterocycles. The summed E-state index contributed by atoms with van der Waals surface area (Å²) >= 11 is 6.53. The summed E-state index contributed by atoms with van der Waals surface area (Å²) in [5.74, 6) is 0. The monoisotopic (exact) mass is 381 g/mol. The van der Waals surface area contributed by atoms with E-state index in [0.717, 1.165) is 37.3 Å². The van der Waals surface area contributed by atoms with Gasteiger partial charge >= 0.3 is 0 Å². The number of aryl methyl sites for hydroxylation is 1. The van der Waals surface area contributed by atoms with E-state index in [0.29, 0.717) is 5.02 Å². The van der Waals surface area contributed by atoms with Gasteiger partial charge in [-0.1, -0.05) is 41.9 Å². The van der Waals surface area contributed by atoms with Gasteiger partial charge < -0.3 is 4.57 Å². The van der Waals surface area contributed by atoms with Crippen molar-refractivity contribution in [3.05, 3.63) is 98.8 Å². The van der Waals surface area contributed by atoms with Gasteiger partial charge in [-0.2, -0.15) is 0 Å². The van der Waals surface area contributed by atoms with Crippen molar-refractivity contribution in [2.45, 2.75) is 25.6 Å². The summed E-state index contributed by atoms with van der Waals surface area (Å²) < 4.78 is 2.23. The smallest absolute Gasteiger partial charge is 0.269 e. The van der Waals surface area contributed by atoms with Gasteiger partial charge in [0.2, 0.25) is 0 Å². The van der Waals surface area contributed by atoms with Crippen molar-refractivity contribution in [1.29, 1.82) is 0 Å². The Hall–Kier alpha value is -2.63. The van der Waals surface area contributed by atoms with Crippen LogP contribution in [-0.4, -0.2) is 20.9 Å². The molecule has 0 aliphatic carbocycles. The minimum atomic E-state index is -0.364. The molecule has 4 rings (SSSR count). The lowest BCUT2D eigenvalue weighted by Gasteiger charge is -2.31. The third kappa shape index (κ3) is 3.61. The predicted octanol–water partition coefficient (Wildman–Crippen LogP) is 5.05. The number of rotatable bonds is 4. The minimum absolute atomic E-state index is 0.0661. The topological polar surface area (TPSA) is 51.3 Å². The number of hydrogen-bond donors (Lipinski definition) is 0. The van der Waals surface area contributed by atoms with Crippen molar-refractivity contribution in [2.75, 3.05) is 6.54 Å². The van der Waals surface area contributed by atoms with Crippen molar-refractivity contribution in [1.82, 2.24) is 9.47 Å². The zero-order chi connectivity index (χ0) is 18.8. The van der Waals surface area contributed by atoms with Gasteiger partial charge in [0.1, 0.15) is 0 Å². The van der Waals surface area contributed by atoms with Gasteiger partial charge in [0.25, 0.3) is 5.69 Å². The highest BCUT2D eigenvalue weighted by Crippen LogP contribution is 2.38. The molecule has 2 heterocycles. The molecule has 0 unspecified atom stereocenters. The van der Waals surface area contributed by atoms with Crippen molar-refractivity contribution >= 4 is 17.3 Å². The van der Waals surface area contributed by atoms with E-state index < -0.39 is 0 Å². The van der Waals surface area contributed by atoms with Crippen molar-refractivity contribution < 1.29 is 4.92 Å². The largest absolute Gasteiger partial charge is 0.350 e. The van der Waals surface area contributed by atoms with Crippen LogP contribution in [0.4, 0.5) is 5.69 Å². The van der Waals surface area contributed by atoms with Crippen LogP contribution in [0.5, 0.6) is 0 Å². The van der Waals surface area contributed by atoms with Crippen molar-refractivity contribution in [3.63, 3.8) is 0 Å². The molecule has 0 bridgehead atoms. The molecule has 2 aromatic carbocycles. The fourth-order valence-electron chi connectivity index (χ4n) is 3.84. The van der Waals surface area contributed by atoms with E-state index in [-0.39, 0.29) is 16.7 Å². The fourth-order valence-corrected chi connectivity index (χ4v) is 4.06. The Morgan fingerprint density at radius 2 is 1.89 bits per heavy atom. The molecule has 0 fully saturated rings. The Balaban J connectivity index is 1.81. The quantitative estimate of drug-likeness (QED) is 0.469. The van der Waals surface area contributed by atoms with E-state index in [4.69, 9.17) is 11.6 Å². The molecule has 0 N–H and O–H groups in total. The molecule has 1 aliphatic rings. The highest BCUT2D eigenvalue weighted by Gasteiger charge is 2.30. The Labute approximate surface area is 162 Å². The second-order valence-electron chi connectivity index (χ2n) is 6.80. The molecule has 0 amide bonds. The van der Waals surface area contributed by atoms with Crippen molar-refractivity contribution in [2.24, 2.45) is 0 Å². The number of nitro benzene ring substituents is 1. The van der Waals surface area contributed by atoms with Gasteiger partial charge in [-0.05, 0) is 30.2 Å². The maximum atomic E-state index is 11.3. The lowest BCUT2D eigenvalue weighted by Crippen LogP contribution is -2.29. The standard InChI is InChI=1S/C21H20ClN3O2/c22-19-10-9-17(25(26)27)14-18(19)21-20-8-4-11-23(20)12-5-13-24(21)15-16-6-2-1-3-7-16/h1-4,6-11,14,21H,5,12-13,15H2/t21-/m0/s1. The van der Waals surface area contributed by atoms with Gasteiger partial charge in [0, 0.05) is 54.2 Å². The normalized spacial score (nSPS) is 17.3. The summed E-state index contributed by atoms with van der Waals surface area (Å²) in [5, 5.41) is 11.9. The van der Waals surface area contributed by atoms with E-state index >= 15 is 0 Å². The van der Waals surface area contributed by atoms with E-state index in [1.165, 1.54) is 11.6 Å². The maximum absolute atomic E-state index is 11.3. The average Bonchev–Trinajstić information content (AvgIpc) is 3.05. The lowest BCUT2D eigenvalue weighted by molar-refractivity contribution is -0.384. The first-order valence-electron chi connectivity index (χ1n) is 9.00. The van der Waals surface area contributed by atoms with E-state index in [2.05, 4.69) is 33.9 Å². The molecule has 5 nitrogen and oxygen atoms in total. The zero-order valence-electron chi connectivity index (χ0n) is 14.8. The predicted molar refractivity (Wildman–Crippen MR) is 106 cm³/mol. The van der Waals surface area contributed by atoms with Crippen LogP contribution < -0.4 is 0 Å². The number of aromatic nitrogens is 1. The summed E-state index contributed by atoms with van der Waals surface area (Å²) in [6.45, 7) is 2.58. The summed E-state index contributed by atoms with van der Waals surface area (Å²) in [5.41, 5.74) is 3.18. The summed E-state index contributed by atoms with van der Waals surface area (Å²) in [7, 11) is 0. The number of hydrogen-bond acceptors (Lipinski definition) is 3. The fraction of sp³-hybridized carbons (Fsp3) is 0.238. The summed E-state index contributed by atoms with van der Waals surface area (Å²) in [4.78, 5) is 13.3. The van der Waals surface area contributed by atoms with Crippen LogP contribution in [0.3, 0.4) is 0 Å². The molecule has 1 aliphatic heterocycles. The molecular formula is C21H20ClN3O2. The SMILES string of the molecule is O=[N+]([O-])c1ccc(Cl)c([C@H]2c3cccn3CCCN2Cc2ccccc2)c1. The van der Waals surface area contributed by atoms with E-state index in [1.54, 1.807) is 12.1 Å². The third-order valence-corrected chi connectivity index (χ3v) is 5.41. The molecule has 0 spiro atoms. The molecule has 3 aromatic rings. The Kier molecular flexibility index (Phi) is 4.97. The zero-order valence-corrected chi connectivity index (χ0v) is 15.5. The number of fused-ring (bicyclic) bond motifs is 1. The van der Waals surface area contributed by atoms with Crippen LogP contribution in [-0.2, 0) is 13.1 Å². The van der Waals surface area contributed by atoms with Crippen LogP contribution in [0.15, 0.2) is 66.9 Å². The average molecular weight is 382 g/mol. The highest BCUT2D eigenvalue weighted by atomic mass is 35.5. The van der Waals surface area contributed by atoms with Crippen molar-refractivity contribution in [3.8, 4) is 0 Å². The van der Waals surface area contributed by atoms with Crippen LogP contribution in [0.1, 0.15) is 29.3 Å². The third-order valence-electron chi connectivity index (χ3n) is 5.07. The molecule has 1 atom stereocenters. The molecule has 0 saturated carbocycles. The molecule has 138 valence electrons. The second-order valence-corrected chi connectivity index (χ2v) is 7.21. The number of non-ortho nitro benzene ring substituents is 1. The molecule has 27 heavy (non-hydrogen) atoms. The molecule has 0 saturated heterocycles. The van der Waals surface area contributed by atoms with Gasteiger partial charge in [0.05, 0.1) is 11.0 Å². The van der Waals surface area contributed by atoms with Crippen LogP contribution in [0.2, 0.25) is 5.02 Å². The number of halogens is 1. The molecular weight excluding hydrogens is 362 g/mol. The Morgan fingerprint density at radius 3 is 2.67 bits per heavy atom. The van der Waals surface area contributed by atoms with Gasteiger partial charge in [-0.15, -0.1) is 0 Å². The Morgan fingerprint density at radius 1 is 1.07 bits per heavy atom. The number of nitro groups is 1. The van der Waals surface area contributed by atoms with E-state index in [9.17, 15) is 10.1 Å². The number of nitrogens with zero attached hydrogens (tertiary/aromatic N) is 3. The van der Waals surface area contributed by atoms with Gasteiger partial charge in [0.15, 0.2) is 0 Å². The lowest BCUT2D eigenvalue weighted by atomic mass is 10.00. The Bertz CT molecular complexity index is 955. The van der Waals surface area contributed by atoms with Crippen LogP contribution in [0, 0.1) is 10.1 Å². The first-order valence-corrected chi connectivity index (χ1v) is 9.38. The summed E-state index contributed by atoms with van der Waals surface area (Å²) in [6.07, 6.45) is 3.08. The van der Waals surface area contributed by atoms with Gasteiger partial charge in [-0.25, -0.2) is 0 Å². The highest BCUT2D eigenvalue weighted by molar-refractivity contribution is 6.31. The van der Waals surface area contributed by atoms with Crippen LogP contribution in [0.25, 0.3) is 0 Å². The first kappa shape index (κ1) is 17.8. The first-order chi connectivity index (χ1) is 13.1.